The first-order chi connectivity index (χ1) is 12.5. The second-order valence-corrected chi connectivity index (χ2v) is 7.56. The Labute approximate surface area is 163 Å². The first-order valence-electron chi connectivity index (χ1n) is 8.72. The molecule has 0 bridgehead atoms. The number of aliphatic hydroxyl groups is 2. The highest BCUT2D eigenvalue weighted by atomic mass is 35.5. The number of rotatable bonds is 6. The molecule has 1 aliphatic heterocycles. The zero-order valence-corrected chi connectivity index (χ0v) is 16.0. The third kappa shape index (κ3) is 5.12. The highest BCUT2D eigenvalue weighted by molar-refractivity contribution is 6.32. The summed E-state index contributed by atoms with van der Waals surface area (Å²) in [5, 5.41) is 20.6. The number of hydrogen-bond donors (Lipinski definition) is 2. The second kappa shape index (κ2) is 9.07. The summed E-state index contributed by atoms with van der Waals surface area (Å²) in [6, 6.07) is 13.3. The van der Waals surface area contributed by atoms with Gasteiger partial charge in [-0.2, -0.15) is 0 Å². The largest absolute Gasteiger partial charge is 0.487 e. The standard InChI is InChI=1S/C20H23Cl2NO3/c21-17-4-1-14(2-5-17)13-26-20-6-3-15(9-18(20)22)10-23-8-7-16(12-24)19(25)11-23/h1-6,9,16,19,24-25H,7-8,10-13H2/t16-,19+/m1/s1. The van der Waals surface area contributed by atoms with Crippen molar-refractivity contribution in [1.29, 1.82) is 0 Å². The molecule has 0 radical (unpaired) electrons. The molecule has 2 aromatic rings. The molecule has 0 saturated carbocycles. The second-order valence-electron chi connectivity index (χ2n) is 6.71. The van der Waals surface area contributed by atoms with E-state index >= 15 is 0 Å². The van der Waals surface area contributed by atoms with E-state index in [9.17, 15) is 10.2 Å². The SMILES string of the molecule is OC[C@H]1CCN(Cc2ccc(OCc3ccc(Cl)cc3)c(Cl)c2)C[C@@H]1O. The lowest BCUT2D eigenvalue weighted by Gasteiger charge is -2.35. The minimum atomic E-state index is -0.480. The van der Waals surface area contributed by atoms with Crippen molar-refractivity contribution in [1.82, 2.24) is 4.90 Å². The third-order valence-electron chi connectivity index (χ3n) is 4.75. The first-order valence-corrected chi connectivity index (χ1v) is 9.47. The molecule has 1 fully saturated rings. The van der Waals surface area contributed by atoms with Crippen molar-refractivity contribution < 1.29 is 14.9 Å². The molecular weight excluding hydrogens is 373 g/mol. The smallest absolute Gasteiger partial charge is 0.138 e. The van der Waals surface area contributed by atoms with Crippen molar-refractivity contribution in [3.8, 4) is 5.75 Å². The molecule has 4 nitrogen and oxygen atoms in total. The third-order valence-corrected chi connectivity index (χ3v) is 5.30. The maximum atomic E-state index is 10.1. The fraction of sp³-hybridized carbons (Fsp3) is 0.400. The average molecular weight is 396 g/mol. The summed E-state index contributed by atoms with van der Waals surface area (Å²) in [5.41, 5.74) is 2.10. The van der Waals surface area contributed by atoms with Crippen LogP contribution in [0.3, 0.4) is 0 Å². The highest BCUT2D eigenvalue weighted by Crippen LogP contribution is 2.28. The predicted octanol–water partition coefficient (Wildman–Crippen LogP) is 3.75. The van der Waals surface area contributed by atoms with Crippen molar-refractivity contribution in [3.05, 3.63) is 63.6 Å². The van der Waals surface area contributed by atoms with E-state index in [2.05, 4.69) is 4.90 Å². The van der Waals surface area contributed by atoms with Crippen molar-refractivity contribution in [2.24, 2.45) is 5.92 Å². The average Bonchev–Trinajstić information content (AvgIpc) is 2.63. The Hall–Kier alpha value is -1.30. The van der Waals surface area contributed by atoms with Crippen LogP contribution >= 0.6 is 23.2 Å². The Bertz CT molecular complexity index is 723. The molecule has 140 valence electrons. The number of benzene rings is 2. The number of β-amino-alcohol motifs (C(OH)–C–C–N with tert-alkyl or cyclic N) is 1. The van der Waals surface area contributed by atoms with E-state index in [0.717, 1.165) is 24.1 Å². The van der Waals surface area contributed by atoms with Crippen LogP contribution in [0, 0.1) is 5.92 Å². The lowest BCUT2D eigenvalue weighted by atomic mass is 9.94. The van der Waals surface area contributed by atoms with Crippen LogP contribution in [0.5, 0.6) is 5.75 Å². The van der Waals surface area contributed by atoms with Crippen molar-refractivity contribution in [2.45, 2.75) is 25.7 Å². The van der Waals surface area contributed by atoms with E-state index in [1.807, 2.05) is 42.5 Å². The molecule has 2 atom stereocenters. The van der Waals surface area contributed by atoms with E-state index in [4.69, 9.17) is 27.9 Å². The van der Waals surface area contributed by atoms with Crippen LogP contribution < -0.4 is 4.74 Å². The van der Waals surface area contributed by atoms with E-state index in [1.165, 1.54) is 0 Å². The highest BCUT2D eigenvalue weighted by Gasteiger charge is 2.26. The van der Waals surface area contributed by atoms with Crippen LogP contribution in [0.15, 0.2) is 42.5 Å². The Morgan fingerprint density at radius 1 is 1.08 bits per heavy atom. The molecule has 1 aliphatic rings. The molecule has 26 heavy (non-hydrogen) atoms. The molecule has 0 spiro atoms. The summed E-state index contributed by atoms with van der Waals surface area (Å²) in [7, 11) is 0. The molecule has 3 rings (SSSR count). The van der Waals surface area contributed by atoms with Gasteiger partial charge in [-0.1, -0.05) is 41.4 Å². The van der Waals surface area contributed by atoms with Crippen LogP contribution in [0.1, 0.15) is 17.5 Å². The molecule has 2 aromatic carbocycles. The maximum absolute atomic E-state index is 10.1. The number of hydrogen-bond acceptors (Lipinski definition) is 4. The van der Waals surface area contributed by atoms with Crippen LogP contribution in [-0.4, -0.2) is 40.9 Å². The van der Waals surface area contributed by atoms with Crippen LogP contribution in [0.4, 0.5) is 0 Å². The number of halogens is 2. The lowest BCUT2D eigenvalue weighted by molar-refractivity contribution is -0.00444. The topological polar surface area (TPSA) is 52.9 Å². The van der Waals surface area contributed by atoms with Crippen LogP contribution in [-0.2, 0) is 13.2 Å². The fourth-order valence-electron chi connectivity index (χ4n) is 3.16. The Morgan fingerprint density at radius 2 is 1.81 bits per heavy atom. The van der Waals surface area contributed by atoms with Gasteiger partial charge in [0.1, 0.15) is 12.4 Å². The number of nitrogens with zero attached hydrogens (tertiary/aromatic N) is 1. The Morgan fingerprint density at radius 3 is 2.46 bits per heavy atom. The number of likely N-dealkylation sites (tertiary alicyclic amines) is 1. The van der Waals surface area contributed by atoms with Crippen LogP contribution in [0.25, 0.3) is 0 Å². The van der Waals surface area contributed by atoms with E-state index < -0.39 is 6.10 Å². The zero-order chi connectivity index (χ0) is 18.5. The molecule has 2 N–H and O–H groups in total. The maximum Gasteiger partial charge on any atom is 0.138 e. The molecular formula is C20H23Cl2NO3. The van der Waals surface area contributed by atoms with Gasteiger partial charge in [0.05, 0.1) is 11.1 Å². The summed E-state index contributed by atoms with van der Waals surface area (Å²) >= 11 is 12.2. The van der Waals surface area contributed by atoms with Gasteiger partial charge >= 0.3 is 0 Å². The summed E-state index contributed by atoms with van der Waals surface area (Å²) in [5.74, 6) is 0.628. The van der Waals surface area contributed by atoms with Gasteiger partial charge in [-0.05, 0) is 48.4 Å². The van der Waals surface area contributed by atoms with Crippen molar-refractivity contribution in [3.63, 3.8) is 0 Å². The van der Waals surface area contributed by atoms with Gasteiger partial charge in [0.25, 0.3) is 0 Å². The minimum absolute atomic E-state index is 0.0153. The molecule has 0 amide bonds. The summed E-state index contributed by atoms with van der Waals surface area (Å²) in [6.45, 7) is 2.61. The normalized spacial score (nSPS) is 20.9. The Balaban J connectivity index is 1.56. The molecule has 0 unspecified atom stereocenters. The van der Waals surface area contributed by atoms with Gasteiger partial charge in [0.2, 0.25) is 0 Å². The van der Waals surface area contributed by atoms with E-state index in [-0.39, 0.29) is 12.5 Å². The van der Waals surface area contributed by atoms with Crippen molar-refractivity contribution >= 4 is 23.2 Å². The van der Waals surface area contributed by atoms with Gasteiger partial charge < -0.3 is 14.9 Å². The number of aliphatic hydroxyl groups excluding tert-OH is 2. The number of ether oxygens (including phenoxy) is 1. The summed E-state index contributed by atoms with van der Waals surface area (Å²) in [6.07, 6.45) is 0.319. The van der Waals surface area contributed by atoms with Gasteiger partial charge in [-0.25, -0.2) is 0 Å². The molecule has 1 saturated heterocycles. The molecule has 0 aromatic heterocycles. The first kappa shape index (κ1) is 19.5. The summed E-state index contributed by atoms with van der Waals surface area (Å²) < 4.78 is 5.80. The Kier molecular flexibility index (Phi) is 6.79. The van der Waals surface area contributed by atoms with Gasteiger partial charge in [-0.15, -0.1) is 0 Å². The van der Waals surface area contributed by atoms with E-state index in [0.29, 0.717) is 35.5 Å². The number of piperidine rings is 1. The van der Waals surface area contributed by atoms with Crippen molar-refractivity contribution in [2.75, 3.05) is 19.7 Å². The monoisotopic (exact) mass is 395 g/mol. The van der Waals surface area contributed by atoms with Gasteiger partial charge in [-0.3, -0.25) is 4.90 Å². The predicted molar refractivity (Wildman–Crippen MR) is 104 cm³/mol. The van der Waals surface area contributed by atoms with Crippen LogP contribution in [0.2, 0.25) is 10.0 Å². The lowest BCUT2D eigenvalue weighted by Crippen LogP contribution is -2.44. The van der Waals surface area contributed by atoms with E-state index in [1.54, 1.807) is 0 Å². The van der Waals surface area contributed by atoms with Gasteiger partial charge in [0.15, 0.2) is 0 Å². The quantitative estimate of drug-likeness (QED) is 0.781. The summed E-state index contributed by atoms with van der Waals surface area (Å²) in [4.78, 5) is 2.18. The van der Waals surface area contributed by atoms with Gasteiger partial charge in [0, 0.05) is 30.6 Å². The minimum Gasteiger partial charge on any atom is -0.487 e. The fourth-order valence-corrected chi connectivity index (χ4v) is 3.55. The molecule has 0 aliphatic carbocycles. The zero-order valence-electron chi connectivity index (χ0n) is 14.4. The molecule has 1 heterocycles. The molecule has 6 heteroatoms.